The van der Waals surface area contributed by atoms with Crippen LogP contribution in [-0.2, 0) is 0 Å². The molecule has 0 spiro atoms. The number of benzene rings is 2. The van der Waals surface area contributed by atoms with Crippen molar-refractivity contribution in [1.82, 2.24) is 10.3 Å². The van der Waals surface area contributed by atoms with Gasteiger partial charge in [-0.25, -0.2) is 4.39 Å². The minimum absolute atomic E-state index is 0.00768. The average molecular weight is 297 g/mol. The first-order chi connectivity index (χ1) is 9.16. The molecular weight excluding hydrogens is 287 g/mol. The van der Waals surface area contributed by atoms with Crippen molar-refractivity contribution in [2.75, 3.05) is 0 Å². The summed E-state index contributed by atoms with van der Waals surface area (Å²) >= 11 is 6.95. The molecule has 0 bridgehead atoms. The van der Waals surface area contributed by atoms with Gasteiger partial charge in [-0.3, -0.25) is 10.2 Å². The van der Waals surface area contributed by atoms with E-state index in [1.54, 1.807) is 30.3 Å². The van der Waals surface area contributed by atoms with Crippen molar-refractivity contribution in [3.63, 3.8) is 0 Å². The molecule has 2 rings (SSSR count). The highest BCUT2D eigenvalue weighted by Crippen LogP contribution is 2.17. The third kappa shape index (κ3) is 3.96. The number of rotatable bonds is 4. The standard InChI is InChI=1S/C13H10ClFN2OS/c14-9-5-7-10(8-6-9)19-17-16-13(18)11-3-1-2-4-12(11)15/h1-8,17H,(H,16,18). The van der Waals surface area contributed by atoms with E-state index in [0.29, 0.717) is 5.02 Å². The van der Waals surface area contributed by atoms with Crippen LogP contribution >= 0.6 is 23.5 Å². The van der Waals surface area contributed by atoms with Crippen LogP contribution in [0.4, 0.5) is 4.39 Å². The number of halogens is 2. The molecule has 0 saturated heterocycles. The van der Waals surface area contributed by atoms with Crippen LogP contribution < -0.4 is 10.3 Å². The molecule has 0 atom stereocenters. The largest absolute Gasteiger partial charge is 0.277 e. The summed E-state index contributed by atoms with van der Waals surface area (Å²) in [6.07, 6.45) is 0. The van der Waals surface area contributed by atoms with E-state index in [4.69, 9.17) is 11.6 Å². The molecule has 2 N–H and O–H groups in total. The molecule has 6 heteroatoms. The average Bonchev–Trinajstić information content (AvgIpc) is 2.41. The fourth-order valence-electron chi connectivity index (χ4n) is 1.35. The smallest absolute Gasteiger partial charge is 0.269 e. The second-order valence-electron chi connectivity index (χ2n) is 3.59. The number of amides is 1. The van der Waals surface area contributed by atoms with Crippen molar-refractivity contribution >= 4 is 29.5 Å². The van der Waals surface area contributed by atoms with Crippen molar-refractivity contribution < 1.29 is 9.18 Å². The summed E-state index contributed by atoms with van der Waals surface area (Å²) in [5, 5.41) is 0.639. The van der Waals surface area contributed by atoms with Crippen molar-refractivity contribution in [3.8, 4) is 0 Å². The molecule has 98 valence electrons. The quantitative estimate of drug-likeness (QED) is 0.671. The number of hydrogen-bond acceptors (Lipinski definition) is 3. The molecule has 0 unspecified atom stereocenters. The predicted molar refractivity (Wildman–Crippen MR) is 74.3 cm³/mol. The van der Waals surface area contributed by atoms with Crippen LogP contribution in [0.15, 0.2) is 53.4 Å². The Hall–Kier alpha value is -1.56. The second-order valence-corrected chi connectivity index (χ2v) is 4.91. The van der Waals surface area contributed by atoms with Crippen molar-refractivity contribution in [2.24, 2.45) is 0 Å². The summed E-state index contributed by atoms with van der Waals surface area (Å²) < 4.78 is 13.3. The number of carbonyl (C=O) groups is 1. The van der Waals surface area contributed by atoms with Gasteiger partial charge < -0.3 is 0 Å². The summed E-state index contributed by atoms with van der Waals surface area (Å²) in [5.74, 6) is -1.09. The summed E-state index contributed by atoms with van der Waals surface area (Å²) in [6, 6.07) is 12.9. The maximum absolute atomic E-state index is 13.3. The third-order valence-electron chi connectivity index (χ3n) is 2.27. The van der Waals surface area contributed by atoms with Gasteiger partial charge in [0.2, 0.25) is 0 Å². The summed E-state index contributed by atoms with van der Waals surface area (Å²) in [6.45, 7) is 0. The highest BCUT2D eigenvalue weighted by Gasteiger charge is 2.09. The lowest BCUT2D eigenvalue weighted by Crippen LogP contribution is -2.33. The molecule has 0 aromatic heterocycles. The Bertz CT molecular complexity index is 577. The first kappa shape index (κ1) is 13.9. The lowest BCUT2D eigenvalue weighted by Gasteiger charge is -2.07. The summed E-state index contributed by atoms with van der Waals surface area (Å²) in [5.41, 5.74) is 2.40. The third-order valence-corrected chi connectivity index (χ3v) is 3.23. The van der Waals surface area contributed by atoms with Gasteiger partial charge >= 0.3 is 0 Å². The Morgan fingerprint density at radius 3 is 2.47 bits per heavy atom. The maximum Gasteiger partial charge on any atom is 0.269 e. The molecule has 0 aliphatic heterocycles. The normalized spacial score (nSPS) is 10.2. The molecule has 0 heterocycles. The minimum atomic E-state index is -0.557. The van der Waals surface area contributed by atoms with E-state index in [0.717, 1.165) is 4.90 Å². The second kappa shape index (κ2) is 6.56. The lowest BCUT2D eigenvalue weighted by molar-refractivity contribution is 0.0943. The first-order valence-corrected chi connectivity index (χ1v) is 6.58. The van der Waals surface area contributed by atoms with Gasteiger partial charge in [0.05, 0.1) is 5.56 Å². The molecule has 3 nitrogen and oxygen atoms in total. The zero-order valence-corrected chi connectivity index (χ0v) is 11.3. The number of hydrogen-bond donors (Lipinski definition) is 2. The van der Waals surface area contributed by atoms with Crippen LogP contribution in [0.1, 0.15) is 10.4 Å². The predicted octanol–water partition coefficient (Wildman–Crippen LogP) is 3.42. The molecule has 2 aromatic rings. The minimum Gasteiger partial charge on any atom is -0.277 e. The Balaban J connectivity index is 1.88. The van der Waals surface area contributed by atoms with Crippen molar-refractivity contribution in [1.29, 1.82) is 0 Å². The lowest BCUT2D eigenvalue weighted by atomic mass is 10.2. The molecule has 1 amide bonds. The first-order valence-electron chi connectivity index (χ1n) is 5.39. The molecule has 2 aromatic carbocycles. The van der Waals surface area contributed by atoms with Crippen LogP contribution in [0.3, 0.4) is 0 Å². The Kier molecular flexibility index (Phi) is 4.79. The van der Waals surface area contributed by atoms with E-state index in [2.05, 4.69) is 10.3 Å². The van der Waals surface area contributed by atoms with Crippen LogP contribution in [0, 0.1) is 5.82 Å². The van der Waals surface area contributed by atoms with E-state index in [-0.39, 0.29) is 5.56 Å². The van der Waals surface area contributed by atoms with Gasteiger partial charge in [-0.1, -0.05) is 23.7 Å². The van der Waals surface area contributed by atoms with Gasteiger partial charge in [-0.15, -0.1) is 0 Å². The zero-order valence-electron chi connectivity index (χ0n) is 9.69. The van der Waals surface area contributed by atoms with E-state index in [1.165, 1.54) is 30.1 Å². The monoisotopic (exact) mass is 296 g/mol. The van der Waals surface area contributed by atoms with Gasteiger partial charge in [0.25, 0.3) is 5.91 Å². The fraction of sp³-hybridized carbons (Fsp3) is 0. The van der Waals surface area contributed by atoms with E-state index in [9.17, 15) is 9.18 Å². The van der Waals surface area contributed by atoms with Crippen molar-refractivity contribution in [2.45, 2.75) is 4.90 Å². The molecule has 0 aliphatic rings. The summed E-state index contributed by atoms with van der Waals surface area (Å²) in [7, 11) is 0. The maximum atomic E-state index is 13.3. The number of hydrazine groups is 1. The van der Waals surface area contributed by atoms with Crippen LogP contribution in [-0.4, -0.2) is 5.91 Å². The molecule has 0 aliphatic carbocycles. The topological polar surface area (TPSA) is 41.1 Å². The Labute approximate surface area is 119 Å². The molecule has 0 fully saturated rings. The van der Waals surface area contributed by atoms with E-state index >= 15 is 0 Å². The van der Waals surface area contributed by atoms with Gasteiger partial charge in [0.15, 0.2) is 0 Å². The number of carbonyl (C=O) groups excluding carboxylic acids is 1. The molecule has 19 heavy (non-hydrogen) atoms. The van der Waals surface area contributed by atoms with E-state index < -0.39 is 11.7 Å². The van der Waals surface area contributed by atoms with Crippen LogP contribution in [0.5, 0.6) is 0 Å². The van der Waals surface area contributed by atoms with E-state index in [1.807, 2.05) is 0 Å². The highest BCUT2D eigenvalue weighted by molar-refractivity contribution is 7.97. The highest BCUT2D eigenvalue weighted by atomic mass is 35.5. The molecule has 0 radical (unpaired) electrons. The van der Waals surface area contributed by atoms with Gasteiger partial charge in [0.1, 0.15) is 5.82 Å². The van der Waals surface area contributed by atoms with Crippen molar-refractivity contribution in [3.05, 3.63) is 64.9 Å². The molecular formula is C13H10ClFN2OS. The van der Waals surface area contributed by atoms with Gasteiger partial charge in [-0.05, 0) is 48.3 Å². The van der Waals surface area contributed by atoms with Gasteiger partial charge in [-0.2, -0.15) is 4.83 Å². The number of nitrogens with one attached hydrogen (secondary N) is 2. The van der Waals surface area contributed by atoms with Crippen LogP contribution in [0.25, 0.3) is 0 Å². The van der Waals surface area contributed by atoms with Crippen LogP contribution in [0.2, 0.25) is 5.02 Å². The zero-order chi connectivity index (χ0) is 13.7. The Morgan fingerprint density at radius 2 is 1.79 bits per heavy atom. The molecule has 0 saturated carbocycles. The van der Waals surface area contributed by atoms with Gasteiger partial charge in [0, 0.05) is 9.92 Å². The SMILES string of the molecule is O=C(NNSc1ccc(Cl)cc1)c1ccccc1F. The Morgan fingerprint density at radius 1 is 1.11 bits per heavy atom. The summed E-state index contributed by atoms with van der Waals surface area (Å²) in [4.78, 5) is 15.2. The fourth-order valence-corrected chi connectivity index (χ4v) is 2.01.